The highest BCUT2D eigenvalue weighted by Crippen LogP contribution is 2.29. The number of aromatic amines is 1. The number of anilines is 3. The average Bonchev–Trinajstić information content (AvgIpc) is 3.22. The van der Waals surface area contributed by atoms with Gasteiger partial charge in [-0.25, -0.2) is 9.78 Å². The second-order valence-corrected chi connectivity index (χ2v) is 8.48. The van der Waals surface area contributed by atoms with Gasteiger partial charge in [0.1, 0.15) is 5.82 Å². The normalized spacial score (nSPS) is 16.0. The largest absolute Gasteiger partial charge is 0.465 e. The molecule has 4 aromatic rings. The van der Waals surface area contributed by atoms with Gasteiger partial charge in [0.05, 0.1) is 17.3 Å². The van der Waals surface area contributed by atoms with Crippen LogP contribution in [0.15, 0.2) is 54.6 Å². The minimum Gasteiger partial charge on any atom is -0.465 e. The summed E-state index contributed by atoms with van der Waals surface area (Å²) in [7, 11) is 0. The second-order valence-electron chi connectivity index (χ2n) is 8.48. The summed E-state index contributed by atoms with van der Waals surface area (Å²) in [5.41, 5.74) is 15.3. The van der Waals surface area contributed by atoms with Crippen molar-refractivity contribution in [3.05, 3.63) is 60.2 Å². The lowest BCUT2D eigenvalue weighted by molar-refractivity contribution is 0.114. The van der Waals surface area contributed by atoms with Gasteiger partial charge >= 0.3 is 6.09 Å². The highest BCUT2D eigenvalue weighted by Gasteiger charge is 2.29. The number of hydrogen-bond acceptors (Lipinski definition) is 7. The van der Waals surface area contributed by atoms with E-state index in [1.807, 2.05) is 54.6 Å². The Morgan fingerprint density at radius 3 is 2.76 bits per heavy atom. The number of H-pyrrole nitrogens is 1. The van der Waals surface area contributed by atoms with Crippen LogP contribution in [0.2, 0.25) is 0 Å². The minimum absolute atomic E-state index is 0.157. The van der Waals surface area contributed by atoms with Gasteiger partial charge in [0.15, 0.2) is 5.82 Å². The standard InChI is InChI=1S/C24H26N8O2/c25-22-18-9-8-16(11-20(18)29-30-22)19-12-21(28-23(26)27-19)31-10-4-7-17(14-31)32(24(33)34)13-15-5-2-1-3-6-15/h1-3,5-6,8-9,11-12,17H,4,7,10,13-14H2,(H,33,34)(H3,25,29,30)(H2,26,27,28)/t17-/m1/s1. The topological polar surface area (TPSA) is 150 Å². The second kappa shape index (κ2) is 8.89. The van der Waals surface area contributed by atoms with Crippen molar-refractivity contribution >= 4 is 34.6 Å². The smallest absolute Gasteiger partial charge is 0.407 e. The van der Waals surface area contributed by atoms with Crippen LogP contribution in [0.3, 0.4) is 0 Å². The van der Waals surface area contributed by atoms with Crippen LogP contribution < -0.4 is 16.4 Å². The lowest BCUT2D eigenvalue weighted by Crippen LogP contribution is -2.49. The van der Waals surface area contributed by atoms with Gasteiger partial charge in [-0.3, -0.25) is 10.00 Å². The summed E-state index contributed by atoms with van der Waals surface area (Å²) in [6, 6.07) is 17.1. The molecule has 1 aliphatic rings. The first kappa shape index (κ1) is 21.5. The maximum absolute atomic E-state index is 12.1. The number of nitrogens with zero attached hydrogens (tertiary/aromatic N) is 5. The molecule has 0 bridgehead atoms. The number of amides is 1. The monoisotopic (exact) mass is 458 g/mol. The zero-order valence-electron chi connectivity index (χ0n) is 18.6. The van der Waals surface area contributed by atoms with Crippen molar-refractivity contribution in [3.63, 3.8) is 0 Å². The minimum atomic E-state index is -0.925. The summed E-state index contributed by atoms with van der Waals surface area (Å²) in [6.45, 7) is 1.64. The Labute approximate surface area is 196 Å². The Bertz CT molecular complexity index is 1320. The van der Waals surface area contributed by atoms with E-state index in [0.717, 1.165) is 41.4 Å². The van der Waals surface area contributed by atoms with Crippen molar-refractivity contribution in [2.45, 2.75) is 25.4 Å². The lowest BCUT2D eigenvalue weighted by atomic mass is 10.0. The quantitative estimate of drug-likeness (QED) is 0.356. The van der Waals surface area contributed by atoms with E-state index in [1.54, 1.807) is 0 Å². The molecule has 1 amide bonds. The van der Waals surface area contributed by atoms with E-state index < -0.39 is 6.09 Å². The average molecular weight is 459 g/mol. The summed E-state index contributed by atoms with van der Waals surface area (Å²) in [5.74, 6) is 1.29. The number of carbonyl (C=O) groups is 1. The molecule has 1 aliphatic heterocycles. The molecular formula is C24H26N8O2. The molecule has 0 saturated carbocycles. The van der Waals surface area contributed by atoms with Crippen molar-refractivity contribution in [2.75, 3.05) is 29.5 Å². The highest BCUT2D eigenvalue weighted by molar-refractivity contribution is 5.91. The fourth-order valence-electron chi connectivity index (χ4n) is 4.51. The van der Waals surface area contributed by atoms with Gasteiger partial charge in [-0.05, 0) is 30.5 Å². The molecule has 3 heterocycles. The fourth-order valence-corrected chi connectivity index (χ4v) is 4.51. The third-order valence-corrected chi connectivity index (χ3v) is 6.22. The van der Waals surface area contributed by atoms with E-state index in [1.165, 1.54) is 4.90 Å². The molecule has 0 unspecified atom stereocenters. The number of nitrogens with two attached hydrogens (primary N) is 2. The Kier molecular flexibility index (Phi) is 5.62. The van der Waals surface area contributed by atoms with Crippen molar-refractivity contribution in [1.82, 2.24) is 25.1 Å². The van der Waals surface area contributed by atoms with Crippen LogP contribution in [0.25, 0.3) is 22.2 Å². The summed E-state index contributed by atoms with van der Waals surface area (Å²) in [5, 5.41) is 17.7. The first-order valence-corrected chi connectivity index (χ1v) is 11.1. The van der Waals surface area contributed by atoms with Gasteiger partial charge in [0.25, 0.3) is 0 Å². The molecule has 1 saturated heterocycles. The number of carboxylic acid groups (broad SMARTS) is 1. The number of aromatic nitrogens is 4. The maximum Gasteiger partial charge on any atom is 0.407 e. The van der Waals surface area contributed by atoms with Gasteiger partial charge in [0.2, 0.25) is 5.95 Å². The Morgan fingerprint density at radius 2 is 1.97 bits per heavy atom. The number of nitrogen functional groups attached to an aromatic ring is 2. The summed E-state index contributed by atoms with van der Waals surface area (Å²) < 4.78 is 0. The van der Waals surface area contributed by atoms with Crippen LogP contribution in [0, 0.1) is 0 Å². The van der Waals surface area contributed by atoms with Crippen LogP contribution in [0.1, 0.15) is 18.4 Å². The molecule has 5 rings (SSSR count). The van der Waals surface area contributed by atoms with Crippen LogP contribution in [-0.2, 0) is 6.54 Å². The third kappa shape index (κ3) is 4.29. The predicted molar refractivity (Wildman–Crippen MR) is 131 cm³/mol. The van der Waals surface area contributed by atoms with E-state index in [2.05, 4.69) is 25.1 Å². The molecule has 6 N–H and O–H groups in total. The molecule has 2 aromatic heterocycles. The van der Waals surface area contributed by atoms with Gasteiger partial charge in [-0.1, -0.05) is 36.4 Å². The molecule has 10 nitrogen and oxygen atoms in total. The Hall–Kier alpha value is -4.34. The number of benzene rings is 2. The van der Waals surface area contributed by atoms with Crippen LogP contribution in [0.4, 0.5) is 22.4 Å². The number of piperidine rings is 1. The van der Waals surface area contributed by atoms with Gasteiger partial charge in [-0.2, -0.15) is 10.1 Å². The van der Waals surface area contributed by atoms with Gasteiger partial charge < -0.3 is 21.5 Å². The first-order chi connectivity index (χ1) is 16.5. The molecule has 174 valence electrons. The summed E-state index contributed by atoms with van der Waals surface area (Å²) in [6.07, 6.45) is 0.716. The van der Waals surface area contributed by atoms with E-state index in [-0.39, 0.29) is 12.0 Å². The molecule has 2 aromatic carbocycles. The predicted octanol–water partition coefficient (Wildman–Crippen LogP) is 3.33. The molecule has 0 radical (unpaired) electrons. The number of nitrogens with one attached hydrogen (secondary N) is 1. The molecule has 0 spiro atoms. The maximum atomic E-state index is 12.1. The molecular weight excluding hydrogens is 432 g/mol. The van der Waals surface area contributed by atoms with E-state index in [0.29, 0.717) is 30.4 Å². The summed E-state index contributed by atoms with van der Waals surface area (Å²) >= 11 is 0. The zero-order valence-corrected chi connectivity index (χ0v) is 18.6. The number of rotatable bonds is 5. The Morgan fingerprint density at radius 1 is 1.15 bits per heavy atom. The highest BCUT2D eigenvalue weighted by atomic mass is 16.4. The van der Waals surface area contributed by atoms with Gasteiger partial charge in [-0.15, -0.1) is 0 Å². The third-order valence-electron chi connectivity index (χ3n) is 6.22. The number of fused-ring (bicyclic) bond motifs is 1. The van der Waals surface area contributed by atoms with Crippen LogP contribution >= 0.6 is 0 Å². The van der Waals surface area contributed by atoms with E-state index in [9.17, 15) is 9.90 Å². The number of hydrogen-bond donors (Lipinski definition) is 4. The van der Waals surface area contributed by atoms with Gasteiger partial charge in [0, 0.05) is 36.7 Å². The summed E-state index contributed by atoms with van der Waals surface area (Å²) in [4.78, 5) is 24.6. The van der Waals surface area contributed by atoms with Crippen molar-refractivity contribution in [1.29, 1.82) is 0 Å². The van der Waals surface area contributed by atoms with Crippen molar-refractivity contribution in [3.8, 4) is 11.3 Å². The van der Waals surface area contributed by atoms with E-state index >= 15 is 0 Å². The molecule has 0 aliphatic carbocycles. The molecule has 34 heavy (non-hydrogen) atoms. The molecule has 1 atom stereocenters. The van der Waals surface area contributed by atoms with Crippen LogP contribution in [-0.4, -0.2) is 55.4 Å². The fraction of sp³-hybridized carbons (Fsp3) is 0.250. The molecule has 10 heteroatoms. The molecule has 1 fully saturated rings. The Balaban J connectivity index is 1.40. The van der Waals surface area contributed by atoms with Crippen molar-refractivity contribution in [2.24, 2.45) is 0 Å². The van der Waals surface area contributed by atoms with Crippen LogP contribution in [0.5, 0.6) is 0 Å². The van der Waals surface area contributed by atoms with Crippen molar-refractivity contribution < 1.29 is 9.90 Å². The lowest BCUT2D eigenvalue weighted by Gasteiger charge is -2.38. The SMILES string of the molecule is Nc1nc(-c2ccc3c(N)n[nH]c3c2)cc(N2CCC[C@@H](N(Cc3ccccc3)C(=O)O)C2)n1. The van der Waals surface area contributed by atoms with E-state index in [4.69, 9.17) is 11.5 Å². The zero-order chi connectivity index (χ0) is 23.7. The first-order valence-electron chi connectivity index (χ1n) is 11.1.